The highest BCUT2D eigenvalue weighted by Crippen LogP contribution is 2.16. The van der Waals surface area contributed by atoms with Crippen LogP contribution < -0.4 is 0 Å². The smallest absolute Gasteiger partial charge is 0.169 e. The van der Waals surface area contributed by atoms with Crippen LogP contribution in [-0.4, -0.2) is 23.5 Å². The standard InChI is InChI=1S/C12H15BrN2OS/c1-9-11(17-8-14-9)5-6-15(2)7-10-3-4-12(13)16-10/h3-4,8H,5-7H2,1-2H3. The molecule has 0 aliphatic rings. The molecule has 0 fully saturated rings. The van der Waals surface area contributed by atoms with Crippen LogP contribution in [0, 0.1) is 6.92 Å². The van der Waals surface area contributed by atoms with Gasteiger partial charge in [0.2, 0.25) is 0 Å². The molecule has 0 atom stereocenters. The van der Waals surface area contributed by atoms with Crippen molar-refractivity contribution >= 4 is 27.3 Å². The molecule has 0 spiro atoms. The summed E-state index contributed by atoms with van der Waals surface area (Å²) >= 11 is 5.04. The van der Waals surface area contributed by atoms with E-state index in [2.05, 4.69) is 39.8 Å². The Bertz CT molecular complexity index is 480. The van der Waals surface area contributed by atoms with Gasteiger partial charge >= 0.3 is 0 Å². The third-order valence-corrected chi connectivity index (χ3v) is 4.04. The van der Waals surface area contributed by atoms with Crippen molar-refractivity contribution in [2.24, 2.45) is 0 Å². The maximum atomic E-state index is 5.48. The van der Waals surface area contributed by atoms with E-state index >= 15 is 0 Å². The van der Waals surface area contributed by atoms with Crippen molar-refractivity contribution in [2.75, 3.05) is 13.6 Å². The van der Waals surface area contributed by atoms with E-state index in [0.717, 1.165) is 35.6 Å². The molecule has 0 unspecified atom stereocenters. The number of rotatable bonds is 5. The lowest BCUT2D eigenvalue weighted by Gasteiger charge is -2.14. The molecule has 5 heteroatoms. The first-order chi connectivity index (χ1) is 8.15. The quantitative estimate of drug-likeness (QED) is 0.846. The van der Waals surface area contributed by atoms with Gasteiger partial charge in [0.05, 0.1) is 17.7 Å². The van der Waals surface area contributed by atoms with E-state index in [1.807, 2.05) is 17.6 Å². The Balaban J connectivity index is 1.82. The summed E-state index contributed by atoms with van der Waals surface area (Å²) in [4.78, 5) is 7.88. The van der Waals surface area contributed by atoms with Crippen LogP contribution in [0.15, 0.2) is 26.7 Å². The SMILES string of the molecule is Cc1ncsc1CCN(C)Cc1ccc(Br)o1. The first kappa shape index (κ1) is 12.8. The zero-order valence-electron chi connectivity index (χ0n) is 9.94. The predicted octanol–water partition coefficient (Wildman–Crippen LogP) is 3.48. The van der Waals surface area contributed by atoms with E-state index in [1.165, 1.54) is 4.88 Å². The number of hydrogen-bond acceptors (Lipinski definition) is 4. The molecular weight excluding hydrogens is 300 g/mol. The zero-order chi connectivity index (χ0) is 12.3. The lowest BCUT2D eigenvalue weighted by Crippen LogP contribution is -2.20. The van der Waals surface area contributed by atoms with Gasteiger partial charge < -0.3 is 4.42 Å². The number of thiazole rings is 1. The highest BCUT2D eigenvalue weighted by molar-refractivity contribution is 9.10. The van der Waals surface area contributed by atoms with E-state index in [-0.39, 0.29) is 0 Å². The van der Waals surface area contributed by atoms with E-state index < -0.39 is 0 Å². The van der Waals surface area contributed by atoms with Gasteiger partial charge in [-0.05, 0) is 48.5 Å². The highest BCUT2D eigenvalue weighted by atomic mass is 79.9. The van der Waals surface area contributed by atoms with Crippen LogP contribution in [0.5, 0.6) is 0 Å². The molecule has 0 saturated carbocycles. The molecule has 0 bridgehead atoms. The van der Waals surface area contributed by atoms with Gasteiger partial charge in [-0.3, -0.25) is 4.90 Å². The van der Waals surface area contributed by atoms with Crippen LogP contribution >= 0.6 is 27.3 Å². The summed E-state index contributed by atoms with van der Waals surface area (Å²) in [5.74, 6) is 0.986. The Hall–Kier alpha value is -0.650. The topological polar surface area (TPSA) is 29.3 Å². The van der Waals surface area contributed by atoms with Crippen LogP contribution in [0.3, 0.4) is 0 Å². The Morgan fingerprint density at radius 2 is 2.29 bits per heavy atom. The zero-order valence-corrected chi connectivity index (χ0v) is 12.3. The van der Waals surface area contributed by atoms with Crippen molar-refractivity contribution in [3.63, 3.8) is 0 Å². The minimum absolute atomic E-state index is 0.791. The summed E-state index contributed by atoms with van der Waals surface area (Å²) < 4.78 is 6.27. The minimum atomic E-state index is 0.791. The Morgan fingerprint density at radius 3 is 2.88 bits per heavy atom. The van der Waals surface area contributed by atoms with Gasteiger partial charge in [-0.2, -0.15) is 0 Å². The number of nitrogens with zero attached hydrogens (tertiary/aromatic N) is 2. The summed E-state index contributed by atoms with van der Waals surface area (Å²) in [5, 5.41) is 0. The van der Waals surface area contributed by atoms with Gasteiger partial charge in [-0.15, -0.1) is 11.3 Å². The second-order valence-electron chi connectivity index (χ2n) is 4.05. The van der Waals surface area contributed by atoms with Gasteiger partial charge in [-0.1, -0.05) is 0 Å². The molecule has 0 N–H and O–H groups in total. The van der Waals surface area contributed by atoms with Crippen molar-refractivity contribution in [3.05, 3.63) is 38.6 Å². The molecule has 0 amide bonds. The molecule has 2 aromatic heterocycles. The van der Waals surface area contributed by atoms with Gasteiger partial charge in [0.1, 0.15) is 5.76 Å². The second-order valence-corrected chi connectivity index (χ2v) is 5.78. The lowest BCUT2D eigenvalue weighted by atomic mass is 10.3. The number of likely N-dealkylation sites (N-methyl/N-ethyl adjacent to an activating group) is 1. The maximum absolute atomic E-state index is 5.48. The summed E-state index contributed by atoms with van der Waals surface area (Å²) in [7, 11) is 2.10. The monoisotopic (exact) mass is 314 g/mol. The molecule has 0 aliphatic heterocycles. The number of hydrogen-bond donors (Lipinski definition) is 0. The lowest BCUT2D eigenvalue weighted by molar-refractivity contribution is 0.296. The van der Waals surface area contributed by atoms with E-state index in [1.54, 1.807) is 11.3 Å². The molecule has 2 rings (SSSR count). The largest absolute Gasteiger partial charge is 0.453 e. The fourth-order valence-corrected chi connectivity index (χ4v) is 2.75. The Kier molecular flexibility index (Phi) is 4.36. The molecule has 3 nitrogen and oxygen atoms in total. The number of furan rings is 1. The summed E-state index contributed by atoms with van der Waals surface area (Å²) in [5.41, 5.74) is 3.07. The second kappa shape index (κ2) is 5.80. The van der Waals surface area contributed by atoms with Gasteiger partial charge in [0.25, 0.3) is 0 Å². The summed E-state index contributed by atoms with van der Waals surface area (Å²) in [6, 6.07) is 3.93. The van der Waals surface area contributed by atoms with Crippen molar-refractivity contribution in [2.45, 2.75) is 19.9 Å². The minimum Gasteiger partial charge on any atom is -0.453 e. The van der Waals surface area contributed by atoms with Gasteiger partial charge in [0.15, 0.2) is 4.67 Å². The summed E-state index contributed by atoms with van der Waals surface area (Å²) in [6.07, 6.45) is 1.05. The fourth-order valence-electron chi connectivity index (χ4n) is 1.64. The van der Waals surface area contributed by atoms with Crippen LogP contribution in [0.2, 0.25) is 0 Å². The van der Waals surface area contributed by atoms with Crippen molar-refractivity contribution in [1.29, 1.82) is 0 Å². The molecule has 0 saturated heterocycles. The van der Waals surface area contributed by atoms with Crippen molar-refractivity contribution in [3.8, 4) is 0 Å². The van der Waals surface area contributed by atoms with Crippen LogP contribution in [-0.2, 0) is 13.0 Å². The molecule has 92 valence electrons. The molecule has 0 aromatic carbocycles. The molecule has 2 aromatic rings. The normalized spacial score (nSPS) is 11.3. The highest BCUT2D eigenvalue weighted by Gasteiger charge is 2.06. The third-order valence-electron chi connectivity index (χ3n) is 2.62. The molecular formula is C12H15BrN2OS. The summed E-state index contributed by atoms with van der Waals surface area (Å²) in [6.45, 7) is 3.92. The Morgan fingerprint density at radius 1 is 1.47 bits per heavy atom. The van der Waals surface area contributed by atoms with Crippen molar-refractivity contribution in [1.82, 2.24) is 9.88 Å². The van der Waals surface area contributed by atoms with Crippen LogP contribution in [0.25, 0.3) is 0 Å². The molecule has 2 heterocycles. The third kappa shape index (κ3) is 3.66. The maximum Gasteiger partial charge on any atom is 0.169 e. The number of aromatic nitrogens is 1. The van der Waals surface area contributed by atoms with Gasteiger partial charge in [0, 0.05) is 11.4 Å². The van der Waals surface area contributed by atoms with E-state index in [9.17, 15) is 0 Å². The van der Waals surface area contributed by atoms with E-state index in [0.29, 0.717) is 0 Å². The molecule has 0 aliphatic carbocycles. The average Bonchev–Trinajstić information content (AvgIpc) is 2.85. The van der Waals surface area contributed by atoms with Gasteiger partial charge in [-0.25, -0.2) is 4.98 Å². The number of halogens is 1. The molecule has 0 radical (unpaired) electrons. The number of aryl methyl sites for hydroxylation is 1. The average molecular weight is 315 g/mol. The van der Waals surface area contributed by atoms with E-state index in [4.69, 9.17) is 4.42 Å². The Labute approximate surface area is 114 Å². The van der Waals surface area contributed by atoms with Crippen molar-refractivity contribution < 1.29 is 4.42 Å². The fraction of sp³-hybridized carbons (Fsp3) is 0.417. The first-order valence-electron chi connectivity index (χ1n) is 5.47. The van der Waals surface area contributed by atoms with Crippen LogP contribution in [0.1, 0.15) is 16.3 Å². The molecule has 17 heavy (non-hydrogen) atoms. The predicted molar refractivity (Wildman–Crippen MR) is 73.3 cm³/mol. The first-order valence-corrected chi connectivity index (χ1v) is 7.14. The van der Waals surface area contributed by atoms with Crippen LogP contribution in [0.4, 0.5) is 0 Å².